The lowest BCUT2D eigenvalue weighted by molar-refractivity contribution is -0.138. The summed E-state index contributed by atoms with van der Waals surface area (Å²) < 4.78 is 11.2. The highest BCUT2D eigenvalue weighted by Gasteiger charge is 2.28. The second-order valence-electron chi connectivity index (χ2n) is 6.56. The number of nitrogens with zero attached hydrogens (tertiary/aromatic N) is 2. The van der Waals surface area contributed by atoms with E-state index in [0.29, 0.717) is 11.4 Å². The average Bonchev–Trinajstić information content (AvgIpc) is 2.58. The molecule has 0 spiro atoms. The van der Waals surface area contributed by atoms with E-state index in [1.54, 1.807) is 40.8 Å². The van der Waals surface area contributed by atoms with Crippen molar-refractivity contribution in [3.63, 3.8) is 0 Å². The molecule has 6 nitrogen and oxygen atoms in total. The van der Waals surface area contributed by atoms with Crippen LogP contribution in [0.15, 0.2) is 22.8 Å². The third kappa shape index (κ3) is 7.71. The smallest absolute Gasteiger partial charge is 0.415 e. The molecular formula is C20H31BrN2O4. The van der Waals surface area contributed by atoms with E-state index in [1.165, 1.54) is 4.90 Å². The Morgan fingerprint density at radius 3 is 2.30 bits per heavy atom. The van der Waals surface area contributed by atoms with Crippen molar-refractivity contribution in [2.24, 2.45) is 0 Å². The number of hydrogen-bond acceptors (Lipinski definition) is 5. The Morgan fingerprint density at radius 1 is 1.26 bits per heavy atom. The van der Waals surface area contributed by atoms with Crippen LogP contribution in [0.3, 0.4) is 0 Å². The molecule has 0 bridgehead atoms. The van der Waals surface area contributed by atoms with Crippen LogP contribution in [0.1, 0.15) is 52.8 Å². The van der Waals surface area contributed by atoms with Gasteiger partial charge >= 0.3 is 12.1 Å². The Kier molecular flexibility index (Phi) is 10.3. The predicted molar refractivity (Wildman–Crippen MR) is 112 cm³/mol. The van der Waals surface area contributed by atoms with Crippen LogP contribution in [0.4, 0.5) is 10.5 Å². The molecule has 0 aromatic carbocycles. The number of carbonyl (C=O) groups excluding carboxylic acids is 2. The van der Waals surface area contributed by atoms with Crippen LogP contribution in [-0.4, -0.2) is 35.8 Å². The van der Waals surface area contributed by atoms with E-state index in [2.05, 4.69) is 27.5 Å². The van der Waals surface area contributed by atoms with Gasteiger partial charge in [-0.2, -0.15) is 0 Å². The van der Waals surface area contributed by atoms with E-state index in [9.17, 15) is 9.59 Å². The van der Waals surface area contributed by atoms with E-state index < -0.39 is 17.7 Å². The predicted octanol–water partition coefficient (Wildman–Crippen LogP) is 5.35. The average molecular weight is 443 g/mol. The van der Waals surface area contributed by atoms with Crippen LogP contribution in [-0.2, 0) is 14.3 Å². The van der Waals surface area contributed by atoms with Gasteiger partial charge < -0.3 is 9.47 Å². The number of anilines is 1. The molecule has 152 valence electrons. The summed E-state index contributed by atoms with van der Waals surface area (Å²) in [7, 11) is 0. The van der Waals surface area contributed by atoms with Crippen LogP contribution >= 0.6 is 15.9 Å². The van der Waals surface area contributed by atoms with Gasteiger partial charge in [0.25, 0.3) is 0 Å². The summed E-state index contributed by atoms with van der Waals surface area (Å²) in [4.78, 5) is 30.3. The fraction of sp³-hybridized carbons (Fsp3) is 0.550. The summed E-state index contributed by atoms with van der Waals surface area (Å²) in [6.45, 7) is 18.6. The molecule has 1 amide bonds. The topological polar surface area (TPSA) is 68.7 Å². The van der Waals surface area contributed by atoms with Gasteiger partial charge in [0.05, 0.1) is 24.5 Å². The molecule has 7 heteroatoms. The van der Waals surface area contributed by atoms with Gasteiger partial charge in [0.1, 0.15) is 5.60 Å². The first-order chi connectivity index (χ1) is 12.5. The third-order valence-electron chi connectivity index (χ3n) is 3.22. The summed E-state index contributed by atoms with van der Waals surface area (Å²) in [5, 5.41) is 0. The van der Waals surface area contributed by atoms with Crippen molar-refractivity contribution in [3.05, 3.63) is 34.1 Å². The first kappa shape index (κ1) is 25.1. The van der Waals surface area contributed by atoms with Crippen molar-refractivity contribution >= 4 is 33.7 Å². The highest BCUT2D eigenvalue weighted by molar-refractivity contribution is 9.10. The number of hydrogen-bond donors (Lipinski definition) is 0. The van der Waals surface area contributed by atoms with Gasteiger partial charge in [-0.3, -0.25) is 9.88 Å². The number of pyridine rings is 1. The number of aromatic nitrogens is 1. The molecule has 0 saturated carbocycles. The fourth-order valence-corrected chi connectivity index (χ4v) is 2.42. The Labute approximate surface area is 171 Å². The number of aryl methyl sites for hydroxylation is 1. The number of carbonyl (C=O) groups is 2. The molecule has 0 aliphatic carbocycles. The molecule has 0 N–H and O–H groups in total. The van der Waals surface area contributed by atoms with E-state index in [-0.39, 0.29) is 18.7 Å². The zero-order valence-corrected chi connectivity index (χ0v) is 19.2. The number of halogens is 1. The zero-order valence-electron chi connectivity index (χ0n) is 17.6. The standard InChI is InChI=1S/C18H25BrN2O4.C2H6/c1-8-24-16(22)11(2)10-21(17(23)25-18(5,6)7)15-12(3)14(19)9-20-13(15)4;1-2/h9H,2,8,10H2,1,3-7H3;1-2H3. The molecule has 1 heterocycles. The summed E-state index contributed by atoms with van der Waals surface area (Å²) >= 11 is 3.42. The molecular weight excluding hydrogens is 412 g/mol. The van der Waals surface area contributed by atoms with E-state index in [0.717, 1.165) is 10.0 Å². The van der Waals surface area contributed by atoms with Crippen LogP contribution in [0.5, 0.6) is 0 Å². The second-order valence-corrected chi connectivity index (χ2v) is 7.41. The minimum Gasteiger partial charge on any atom is -0.463 e. The highest BCUT2D eigenvalue weighted by atomic mass is 79.9. The lowest BCUT2D eigenvalue weighted by atomic mass is 10.1. The summed E-state index contributed by atoms with van der Waals surface area (Å²) in [5.74, 6) is -0.547. The van der Waals surface area contributed by atoms with Gasteiger partial charge in [-0.05, 0) is 63.0 Å². The molecule has 27 heavy (non-hydrogen) atoms. The molecule has 1 aromatic heterocycles. The van der Waals surface area contributed by atoms with Gasteiger partial charge in [-0.15, -0.1) is 0 Å². The minimum absolute atomic E-state index is 0.0481. The van der Waals surface area contributed by atoms with Crippen molar-refractivity contribution < 1.29 is 19.1 Å². The Bertz CT molecular complexity index is 681. The molecule has 0 fully saturated rings. The van der Waals surface area contributed by atoms with Crippen molar-refractivity contribution in [2.45, 2.75) is 61.0 Å². The Balaban J connectivity index is 0.00000326. The maximum Gasteiger partial charge on any atom is 0.415 e. The minimum atomic E-state index is -0.679. The first-order valence-electron chi connectivity index (χ1n) is 8.95. The number of esters is 1. The third-order valence-corrected chi connectivity index (χ3v) is 4.02. The lowest BCUT2D eigenvalue weighted by Gasteiger charge is -2.29. The molecule has 1 aromatic rings. The van der Waals surface area contributed by atoms with Crippen LogP contribution in [0, 0.1) is 13.8 Å². The van der Waals surface area contributed by atoms with Crippen LogP contribution < -0.4 is 4.90 Å². The summed E-state index contributed by atoms with van der Waals surface area (Å²) in [6.07, 6.45) is 1.09. The van der Waals surface area contributed by atoms with Gasteiger partial charge in [0.2, 0.25) is 0 Å². The maximum atomic E-state index is 12.8. The molecule has 0 unspecified atom stereocenters. The Morgan fingerprint density at radius 2 is 1.81 bits per heavy atom. The van der Waals surface area contributed by atoms with Gasteiger partial charge in [0.15, 0.2) is 0 Å². The van der Waals surface area contributed by atoms with Crippen LogP contribution in [0.2, 0.25) is 0 Å². The normalized spacial score (nSPS) is 10.4. The lowest BCUT2D eigenvalue weighted by Crippen LogP contribution is -2.40. The zero-order chi connectivity index (χ0) is 21.4. The van der Waals surface area contributed by atoms with Crippen molar-refractivity contribution in [3.8, 4) is 0 Å². The Hall–Kier alpha value is -1.89. The van der Waals surface area contributed by atoms with E-state index in [4.69, 9.17) is 9.47 Å². The number of ether oxygens (including phenoxy) is 2. The van der Waals surface area contributed by atoms with E-state index in [1.807, 2.05) is 20.8 Å². The molecule has 0 atom stereocenters. The van der Waals surface area contributed by atoms with Gasteiger partial charge in [-0.25, -0.2) is 9.59 Å². The number of amides is 1. The largest absolute Gasteiger partial charge is 0.463 e. The van der Waals surface area contributed by atoms with Gasteiger partial charge in [0, 0.05) is 16.2 Å². The van der Waals surface area contributed by atoms with E-state index >= 15 is 0 Å². The van der Waals surface area contributed by atoms with Crippen molar-refractivity contribution in [2.75, 3.05) is 18.1 Å². The van der Waals surface area contributed by atoms with Crippen LogP contribution in [0.25, 0.3) is 0 Å². The summed E-state index contributed by atoms with van der Waals surface area (Å²) in [6, 6.07) is 0. The van der Waals surface area contributed by atoms with Crippen molar-refractivity contribution in [1.82, 2.24) is 4.98 Å². The SMILES string of the molecule is C=C(CN(C(=O)OC(C)(C)C)c1c(C)ncc(Br)c1C)C(=O)OCC.CC. The molecule has 0 radical (unpaired) electrons. The molecule has 0 aliphatic rings. The quantitative estimate of drug-likeness (QED) is 0.454. The second kappa shape index (κ2) is 11.1. The highest BCUT2D eigenvalue weighted by Crippen LogP contribution is 2.30. The molecule has 1 rings (SSSR count). The fourth-order valence-electron chi connectivity index (χ4n) is 2.13. The monoisotopic (exact) mass is 442 g/mol. The molecule has 0 saturated heterocycles. The first-order valence-corrected chi connectivity index (χ1v) is 9.74. The molecule has 0 aliphatic heterocycles. The number of rotatable bonds is 5. The summed E-state index contributed by atoms with van der Waals surface area (Å²) in [5.41, 5.74) is 1.51. The van der Waals surface area contributed by atoms with Gasteiger partial charge in [-0.1, -0.05) is 20.4 Å². The maximum absolute atomic E-state index is 12.8. The van der Waals surface area contributed by atoms with Crippen molar-refractivity contribution in [1.29, 1.82) is 0 Å².